The molecule has 0 aliphatic carbocycles. The Morgan fingerprint density at radius 3 is 2.62 bits per heavy atom. The number of hydrogen-bond acceptors (Lipinski definition) is 6. The number of amides is 2. The van der Waals surface area contributed by atoms with Gasteiger partial charge in [-0.15, -0.1) is 0 Å². The summed E-state index contributed by atoms with van der Waals surface area (Å²) in [5, 5.41) is 16.4. The molecule has 29 heavy (non-hydrogen) atoms. The largest absolute Gasteiger partial charge is 0.465 e. The van der Waals surface area contributed by atoms with E-state index in [0.717, 1.165) is 12.1 Å². The van der Waals surface area contributed by atoms with Crippen LogP contribution in [0.2, 0.25) is 0 Å². The van der Waals surface area contributed by atoms with Crippen LogP contribution < -0.4 is 21.7 Å². The molecule has 0 bridgehead atoms. The first-order valence-electron chi connectivity index (χ1n) is 8.68. The van der Waals surface area contributed by atoms with Crippen LogP contribution in [-0.4, -0.2) is 66.7 Å². The number of benzene rings is 1. The van der Waals surface area contributed by atoms with Gasteiger partial charge in [-0.3, -0.25) is 14.9 Å². The molecule has 0 saturated carbocycles. The molecular weight excluding hydrogens is 395 g/mol. The molecule has 1 aliphatic rings. The molecule has 0 aromatic heterocycles. The Labute approximate surface area is 164 Å². The van der Waals surface area contributed by atoms with Gasteiger partial charge in [-0.1, -0.05) is 0 Å². The number of piperidine rings is 1. The Morgan fingerprint density at radius 1 is 1.34 bits per heavy atom. The van der Waals surface area contributed by atoms with E-state index >= 15 is 0 Å². The third kappa shape index (κ3) is 6.06. The van der Waals surface area contributed by atoms with Crippen molar-refractivity contribution in [2.75, 3.05) is 25.9 Å². The summed E-state index contributed by atoms with van der Waals surface area (Å²) >= 11 is 0. The van der Waals surface area contributed by atoms with Gasteiger partial charge in [-0.2, -0.15) is 13.2 Å². The molecular formula is C17H22F3N5O4. The van der Waals surface area contributed by atoms with Gasteiger partial charge < -0.3 is 26.4 Å². The maximum absolute atomic E-state index is 12.9. The molecule has 2 rings (SSSR count). The van der Waals surface area contributed by atoms with Crippen molar-refractivity contribution in [3.63, 3.8) is 0 Å². The molecule has 1 aliphatic heterocycles. The lowest BCUT2D eigenvalue weighted by Gasteiger charge is -2.38. The average molecular weight is 417 g/mol. The van der Waals surface area contributed by atoms with E-state index in [-0.39, 0.29) is 5.69 Å². The van der Waals surface area contributed by atoms with E-state index in [9.17, 15) is 27.6 Å². The molecule has 12 heteroatoms. The number of halogens is 3. The fourth-order valence-electron chi connectivity index (χ4n) is 3.11. The second kappa shape index (κ2) is 9.09. The van der Waals surface area contributed by atoms with Gasteiger partial charge in [0, 0.05) is 18.3 Å². The standard InChI is InChI=1S/C17H22F3N5O4/c1-25-5-4-12(23-16(28)29)13(7-25)22-14(8-26)24-15(27)10-6-9(17(18,19)20)2-3-11(10)21/h2-3,6,8,12-14,22-23H,4-5,7,21H2,1H3,(H,24,27)(H,28,29). The van der Waals surface area contributed by atoms with E-state index in [0.29, 0.717) is 31.9 Å². The maximum Gasteiger partial charge on any atom is 0.416 e. The molecule has 1 saturated heterocycles. The summed E-state index contributed by atoms with van der Waals surface area (Å²) < 4.78 is 38.7. The number of likely N-dealkylation sites (N-methyl/N-ethyl adjacent to an activating group) is 1. The van der Waals surface area contributed by atoms with Crippen LogP contribution in [0, 0.1) is 0 Å². The molecule has 6 N–H and O–H groups in total. The molecule has 1 heterocycles. The van der Waals surface area contributed by atoms with Gasteiger partial charge in [0.25, 0.3) is 5.91 Å². The second-order valence-corrected chi connectivity index (χ2v) is 6.77. The van der Waals surface area contributed by atoms with Gasteiger partial charge in [-0.25, -0.2) is 4.79 Å². The van der Waals surface area contributed by atoms with Crippen molar-refractivity contribution >= 4 is 24.0 Å². The smallest absolute Gasteiger partial charge is 0.416 e. The summed E-state index contributed by atoms with van der Waals surface area (Å²) in [5.74, 6) is -0.967. The van der Waals surface area contributed by atoms with Gasteiger partial charge in [0.15, 0.2) is 6.29 Å². The molecule has 3 unspecified atom stereocenters. The van der Waals surface area contributed by atoms with Gasteiger partial charge in [0.1, 0.15) is 6.17 Å². The number of alkyl halides is 3. The molecule has 0 radical (unpaired) electrons. The molecule has 160 valence electrons. The number of nitrogens with two attached hydrogens (primary N) is 1. The minimum Gasteiger partial charge on any atom is -0.465 e. The highest BCUT2D eigenvalue weighted by Crippen LogP contribution is 2.31. The molecule has 1 aromatic carbocycles. The fraction of sp³-hybridized carbons (Fsp3) is 0.471. The SMILES string of the molecule is CN1CCC(NC(=O)O)C(NC(C=O)NC(=O)c2cc(C(F)(F)F)ccc2N)C1. The third-order valence-corrected chi connectivity index (χ3v) is 4.57. The number of nitrogens with zero attached hydrogens (tertiary/aromatic N) is 1. The molecule has 9 nitrogen and oxygen atoms in total. The van der Waals surface area contributed by atoms with Crippen LogP contribution in [0.25, 0.3) is 0 Å². The topological polar surface area (TPSA) is 137 Å². The van der Waals surface area contributed by atoms with Crippen molar-refractivity contribution in [3.05, 3.63) is 29.3 Å². The first-order chi connectivity index (χ1) is 13.5. The fourth-order valence-corrected chi connectivity index (χ4v) is 3.11. The Bertz CT molecular complexity index is 774. The van der Waals surface area contributed by atoms with Crippen LogP contribution in [0.3, 0.4) is 0 Å². The number of nitrogens with one attached hydrogen (secondary N) is 3. The first kappa shape index (κ1) is 22.4. The van der Waals surface area contributed by atoms with Crippen molar-refractivity contribution in [2.24, 2.45) is 0 Å². The van der Waals surface area contributed by atoms with Crippen molar-refractivity contribution in [2.45, 2.75) is 30.8 Å². The molecule has 3 atom stereocenters. The van der Waals surface area contributed by atoms with Crippen LogP contribution >= 0.6 is 0 Å². The van der Waals surface area contributed by atoms with Gasteiger partial charge >= 0.3 is 12.3 Å². The highest BCUT2D eigenvalue weighted by atomic mass is 19.4. The lowest BCUT2D eigenvalue weighted by Crippen LogP contribution is -2.63. The van der Waals surface area contributed by atoms with Gasteiger partial charge in [0.2, 0.25) is 0 Å². The zero-order chi connectivity index (χ0) is 21.8. The van der Waals surface area contributed by atoms with E-state index < -0.39 is 47.6 Å². The maximum atomic E-state index is 12.9. The van der Waals surface area contributed by atoms with Crippen LogP contribution in [0.15, 0.2) is 18.2 Å². The minimum atomic E-state index is -4.66. The monoisotopic (exact) mass is 417 g/mol. The lowest BCUT2D eigenvalue weighted by molar-refractivity contribution is -0.137. The third-order valence-electron chi connectivity index (χ3n) is 4.57. The molecule has 0 spiro atoms. The Morgan fingerprint density at radius 2 is 2.03 bits per heavy atom. The molecule has 1 fully saturated rings. The van der Waals surface area contributed by atoms with Crippen LogP contribution in [-0.2, 0) is 11.0 Å². The van der Waals surface area contributed by atoms with Gasteiger partial charge in [-0.05, 0) is 38.2 Å². The van der Waals surface area contributed by atoms with Crippen LogP contribution in [0.5, 0.6) is 0 Å². The Balaban J connectivity index is 2.13. The zero-order valence-electron chi connectivity index (χ0n) is 15.5. The molecule has 2 amide bonds. The highest BCUT2D eigenvalue weighted by molar-refractivity contribution is 6.00. The number of rotatable bonds is 6. The number of nitrogen functional groups attached to an aromatic ring is 1. The van der Waals surface area contributed by atoms with Crippen molar-refractivity contribution in [1.82, 2.24) is 20.9 Å². The number of hydrogen-bond donors (Lipinski definition) is 5. The number of aldehydes is 1. The number of anilines is 1. The minimum absolute atomic E-state index is 0.178. The lowest BCUT2D eigenvalue weighted by atomic mass is 9.99. The van der Waals surface area contributed by atoms with E-state index in [1.54, 1.807) is 0 Å². The van der Waals surface area contributed by atoms with Crippen LogP contribution in [0.4, 0.5) is 23.7 Å². The van der Waals surface area contributed by atoms with Crippen molar-refractivity contribution in [3.8, 4) is 0 Å². The predicted octanol–water partition coefficient (Wildman–Crippen LogP) is 0.472. The summed E-state index contributed by atoms with van der Waals surface area (Å²) in [6.45, 7) is 1.01. The van der Waals surface area contributed by atoms with Crippen LogP contribution in [0.1, 0.15) is 22.3 Å². The van der Waals surface area contributed by atoms with Gasteiger partial charge in [0.05, 0.1) is 17.2 Å². The summed E-state index contributed by atoms with van der Waals surface area (Å²) in [6.07, 6.45) is -6.30. The first-order valence-corrected chi connectivity index (χ1v) is 8.68. The summed E-state index contributed by atoms with van der Waals surface area (Å²) in [6, 6.07) is 1.29. The Kier molecular flexibility index (Phi) is 7.03. The summed E-state index contributed by atoms with van der Waals surface area (Å²) in [4.78, 5) is 36.7. The summed E-state index contributed by atoms with van der Waals surface area (Å²) in [7, 11) is 1.81. The van der Waals surface area contributed by atoms with E-state index in [1.807, 2.05) is 11.9 Å². The van der Waals surface area contributed by atoms with E-state index in [2.05, 4.69) is 16.0 Å². The van der Waals surface area contributed by atoms with E-state index in [1.165, 1.54) is 0 Å². The van der Waals surface area contributed by atoms with Crippen molar-refractivity contribution < 1.29 is 32.7 Å². The quantitative estimate of drug-likeness (QED) is 0.258. The zero-order valence-corrected chi connectivity index (χ0v) is 15.5. The number of carboxylic acid groups (broad SMARTS) is 1. The van der Waals surface area contributed by atoms with Crippen molar-refractivity contribution in [1.29, 1.82) is 0 Å². The van der Waals surface area contributed by atoms with E-state index in [4.69, 9.17) is 10.8 Å². The summed E-state index contributed by atoms with van der Waals surface area (Å²) in [5.41, 5.74) is 3.96. The number of carbonyl (C=O) groups is 3. The average Bonchev–Trinajstić information content (AvgIpc) is 2.62. The molecule has 1 aromatic rings. The predicted molar refractivity (Wildman–Crippen MR) is 97.2 cm³/mol. The second-order valence-electron chi connectivity index (χ2n) is 6.77. The normalized spacial score (nSPS) is 21.2. The number of carbonyl (C=O) groups excluding carboxylic acids is 2. The highest BCUT2D eigenvalue weighted by Gasteiger charge is 2.33. The number of likely N-dealkylation sites (tertiary alicyclic amines) is 1. The Hall–Kier alpha value is -2.86.